The lowest BCUT2D eigenvalue weighted by Crippen LogP contribution is -2.01. The normalized spacial score (nSPS) is 11.6. The molecule has 1 radical (unpaired) electrons. The molecule has 0 saturated heterocycles. The molecule has 0 unspecified atom stereocenters. The van der Waals surface area contributed by atoms with E-state index < -0.39 is 0 Å². The summed E-state index contributed by atoms with van der Waals surface area (Å²) in [5.41, 5.74) is 2.45. The molecule has 0 atom stereocenters. The predicted octanol–water partition coefficient (Wildman–Crippen LogP) is 17.4. The molecule has 51 heavy (non-hydrogen) atoms. The van der Waals surface area contributed by atoms with Gasteiger partial charge in [-0.2, -0.15) is 0 Å². The van der Waals surface area contributed by atoms with Crippen LogP contribution in [0.3, 0.4) is 0 Å². The molecule has 0 saturated carbocycles. The highest BCUT2D eigenvalue weighted by Crippen LogP contribution is 2.18. The highest BCUT2D eigenvalue weighted by molar-refractivity contribution is 5.13. The highest BCUT2D eigenvalue weighted by atomic mass is 14.9. The van der Waals surface area contributed by atoms with Crippen molar-refractivity contribution in [2.75, 3.05) is 0 Å². The molecule has 0 aromatic carbocycles. The van der Waals surface area contributed by atoms with Crippen molar-refractivity contribution < 1.29 is 0 Å². The smallest absolute Gasteiger partial charge is 0.129 e. The molecule has 1 heterocycles. The molecular formula is C49H93N2. The first-order valence-electron chi connectivity index (χ1n) is 23.9. The van der Waals surface area contributed by atoms with Gasteiger partial charge in [0.2, 0.25) is 0 Å². The second-order valence-electron chi connectivity index (χ2n) is 16.7. The molecule has 0 aliphatic carbocycles. The first kappa shape index (κ1) is 48.1. The van der Waals surface area contributed by atoms with Gasteiger partial charge in [0.25, 0.3) is 0 Å². The van der Waals surface area contributed by atoms with E-state index in [1.54, 1.807) is 0 Å². The lowest BCUT2D eigenvalue weighted by Gasteiger charge is -2.07. The van der Waals surface area contributed by atoms with Crippen LogP contribution in [0.25, 0.3) is 0 Å². The van der Waals surface area contributed by atoms with E-state index >= 15 is 0 Å². The Morgan fingerprint density at radius 2 is 0.471 bits per heavy atom. The van der Waals surface area contributed by atoms with Crippen LogP contribution in [0.4, 0.5) is 0 Å². The van der Waals surface area contributed by atoms with Gasteiger partial charge in [-0.15, -0.1) is 0 Å². The zero-order valence-electron chi connectivity index (χ0n) is 35.4. The zero-order valence-corrected chi connectivity index (χ0v) is 35.4. The maximum atomic E-state index is 4.67. The summed E-state index contributed by atoms with van der Waals surface area (Å²) in [6.07, 6.45) is 59.5. The quantitative estimate of drug-likeness (QED) is 0.0632. The molecule has 0 bridgehead atoms. The van der Waals surface area contributed by atoms with E-state index in [9.17, 15) is 0 Å². The standard InChI is InChI=1S/C49H93N2/c1-4-6-8-10-12-14-16-18-20-22-24-26-28-30-32-34-36-38-40-42-44-48-46-49(51-47(3)50-48)45-43-41-39-37-35-33-31-29-27-25-23-21-19-17-15-13-11-9-7-5-2/h46H,3-45H2,1-2H3. The van der Waals surface area contributed by atoms with Crippen molar-refractivity contribution in [1.82, 2.24) is 9.97 Å². The van der Waals surface area contributed by atoms with Gasteiger partial charge in [-0.1, -0.05) is 258 Å². The Morgan fingerprint density at radius 1 is 0.294 bits per heavy atom. The van der Waals surface area contributed by atoms with Crippen molar-refractivity contribution in [1.29, 1.82) is 0 Å². The lowest BCUT2D eigenvalue weighted by atomic mass is 10.0. The fraction of sp³-hybridized carbons (Fsp3) is 0.898. The van der Waals surface area contributed by atoms with E-state index in [1.807, 2.05) is 0 Å². The number of hydrogen-bond donors (Lipinski definition) is 0. The average Bonchev–Trinajstić information content (AvgIpc) is 3.13. The van der Waals surface area contributed by atoms with Gasteiger partial charge in [-0.25, -0.2) is 9.97 Å². The van der Waals surface area contributed by atoms with E-state index in [4.69, 9.17) is 0 Å². The summed E-state index contributed by atoms with van der Waals surface area (Å²) in [6, 6.07) is 2.28. The van der Waals surface area contributed by atoms with Crippen LogP contribution < -0.4 is 0 Å². The Hall–Kier alpha value is -0.920. The van der Waals surface area contributed by atoms with Crippen LogP contribution >= 0.6 is 0 Å². The summed E-state index contributed by atoms with van der Waals surface area (Å²) in [7, 11) is 0. The molecule has 2 heteroatoms. The van der Waals surface area contributed by atoms with Gasteiger partial charge in [0, 0.05) is 18.3 Å². The summed E-state index contributed by atoms with van der Waals surface area (Å²) >= 11 is 0. The van der Waals surface area contributed by atoms with E-state index in [1.165, 1.54) is 268 Å². The monoisotopic (exact) mass is 710 g/mol. The van der Waals surface area contributed by atoms with Crippen molar-refractivity contribution in [3.63, 3.8) is 0 Å². The van der Waals surface area contributed by atoms with E-state index in [0.29, 0.717) is 0 Å². The van der Waals surface area contributed by atoms with Crippen LogP contribution in [0.1, 0.15) is 288 Å². The van der Waals surface area contributed by atoms with Gasteiger partial charge in [-0.05, 0) is 31.7 Å². The molecule has 0 fully saturated rings. The van der Waals surface area contributed by atoms with Gasteiger partial charge in [-0.3, -0.25) is 0 Å². The van der Waals surface area contributed by atoms with Crippen molar-refractivity contribution in [2.24, 2.45) is 0 Å². The minimum absolute atomic E-state index is 0.726. The molecule has 1 aromatic rings. The second kappa shape index (κ2) is 40.3. The number of aryl methyl sites for hydroxylation is 2. The first-order valence-corrected chi connectivity index (χ1v) is 23.9. The van der Waals surface area contributed by atoms with Gasteiger partial charge >= 0.3 is 0 Å². The van der Waals surface area contributed by atoms with Gasteiger partial charge in [0.05, 0.1) is 0 Å². The van der Waals surface area contributed by atoms with Crippen LogP contribution in [0, 0.1) is 6.92 Å². The molecule has 0 aliphatic rings. The molecule has 1 rings (SSSR count). The SMILES string of the molecule is [CH2]c1nc(CCCCCCCCCCCCCCCCCCCCCC)cc(CCCCCCCCCCCCCCCCCCCCCC)n1. The number of nitrogens with zero attached hydrogens (tertiary/aromatic N) is 2. The molecular weight excluding hydrogens is 617 g/mol. The van der Waals surface area contributed by atoms with E-state index in [0.717, 1.165) is 18.7 Å². The van der Waals surface area contributed by atoms with Gasteiger partial charge < -0.3 is 0 Å². The number of hydrogen-bond acceptors (Lipinski definition) is 2. The molecule has 299 valence electrons. The van der Waals surface area contributed by atoms with Crippen molar-refractivity contribution in [2.45, 2.75) is 284 Å². The van der Waals surface area contributed by atoms with E-state index in [2.05, 4.69) is 36.8 Å². The average molecular weight is 710 g/mol. The van der Waals surface area contributed by atoms with Crippen LogP contribution in [0.15, 0.2) is 6.07 Å². The second-order valence-corrected chi connectivity index (χ2v) is 16.7. The molecule has 2 nitrogen and oxygen atoms in total. The minimum Gasteiger partial charge on any atom is -0.238 e. The maximum absolute atomic E-state index is 4.67. The summed E-state index contributed by atoms with van der Waals surface area (Å²) < 4.78 is 0. The van der Waals surface area contributed by atoms with E-state index in [-0.39, 0.29) is 0 Å². The molecule has 0 N–H and O–H groups in total. The van der Waals surface area contributed by atoms with Crippen molar-refractivity contribution in [3.8, 4) is 0 Å². The van der Waals surface area contributed by atoms with Crippen molar-refractivity contribution >= 4 is 0 Å². The summed E-state index contributed by atoms with van der Waals surface area (Å²) in [6.45, 7) is 8.70. The zero-order chi connectivity index (χ0) is 36.6. The van der Waals surface area contributed by atoms with Crippen molar-refractivity contribution in [3.05, 3.63) is 30.2 Å². The minimum atomic E-state index is 0.726. The van der Waals surface area contributed by atoms with Gasteiger partial charge in [0.1, 0.15) is 5.82 Å². The molecule has 0 aliphatic heterocycles. The largest absolute Gasteiger partial charge is 0.238 e. The third kappa shape index (κ3) is 35.9. The van der Waals surface area contributed by atoms with Gasteiger partial charge in [0.15, 0.2) is 0 Å². The Labute approximate surface area is 322 Å². The third-order valence-electron chi connectivity index (χ3n) is 11.5. The third-order valence-corrected chi connectivity index (χ3v) is 11.5. The number of rotatable bonds is 42. The maximum Gasteiger partial charge on any atom is 0.129 e. The molecule has 1 aromatic heterocycles. The number of aromatic nitrogens is 2. The number of unbranched alkanes of at least 4 members (excludes halogenated alkanes) is 38. The topological polar surface area (TPSA) is 25.8 Å². The molecule has 0 amide bonds. The summed E-state index contributed by atoms with van der Waals surface area (Å²) in [5.74, 6) is 0.726. The Balaban J connectivity index is 1.85. The fourth-order valence-electron chi connectivity index (χ4n) is 7.99. The Kier molecular flexibility index (Phi) is 38.0. The van der Waals surface area contributed by atoms with Crippen LogP contribution in [0.2, 0.25) is 0 Å². The Bertz CT molecular complexity index is 741. The van der Waals surface area contributed by atoms with Crippen LogP contribution in [-0.2, 0) is 12.8 Å². The lowest BCUT2D eigenvalue weighted by molar-refractivity contribution is 0.521. The summed E-state index contributed by atoms with van der Waals surface area (Å²) in [4.78, 5) is 9.33. The van der Waals surface area contributed by atoms with Crippen LogP contribution in [-0.4, -0.2) is 9.97 Å². The predicted molar refractivity (Wildman–Crippen MR) is 230 cm³/mol. The summed E-state index contributed by atoms with van der Waals surface area (Å²) in [5, 5.41) is 0. The van der Waals surface area contributed by atoms with Crippen LogP contribution in [0.5, 0.6) is 0 Å². The highest BCUT2D eigenvalue weighted by Gasteiger charge is 2.04. The first-order chi connectivity index (χ1) is 25.3. The fourth-order valence-corrected chi connectivity index (χ4v) is 7.99. The Morgan fingerprint density at radius 3 is 0.667 bits per heavy atom. The molecule has 0 spiro atoms.